The molecule has 0 bridgehead atoms. The molecule has 2 unspecified atom stereocenters. The molecule has 0 radical (unpaired) electrons. The molecule has 0 aliphatic rings. The van der Waals surface area contributed by atoms with E-state index in [9.17, 15) is 0 Å². The zero-order chi connectivity index (χ0) is 17.8. The summed E-state index contributed by atoms with van der Waals surface area (Å²) in [4.78, 5) is 0. The molecule has 0 heterocycles. The van der Waals surface area contributed by atoms with E-state index in [1.807, 2.05) is 72.8 Å². The largest absolute Gasteiger partial charge is 0.352 e. The van der Waals surface area contributed by atoms with Crippen molar-refractivity contribution in [1.82, 2.24) is 0 Å². The Bertz CT molecular complexity index is 605. The topological polar surface area (TPSA) is 0 Å². The number of allylic oxidation sites excluding steroid dienone is 2. The van der Waals surface area contributed by atoms with E-state index in [0.717, 1.165) is 11.1 Å². The molecule has 0 aromatic heterocycles. The quantitative estimate of drug-likeness (QED) is 0.231. The van der Waals surface area contributed by atoms with E-state index >= 15 is 0 Å². The van der Waals surface area contributed by atoms with Gasteiger partial charge in [0.2, 0.25) is 0 Å². The summed E-state index contributed by atoms with van der Waals surface area (Å²) in [5, 5.41) is 0. The predicted octanol–water partition coefficient (Wildman–Crippen LogP) is 7.50. The van der Waals surface area contributed by atoms with Crippen molar-refractivity contribution in [1.29, 1.82) is 0 Å². The van der Waals surface area contributed by atoms with Gasteiger partial charge in [-0.25, -0.2) is 0 Å². The van der Waals surface area contributed by atoms with Crippen molar-refractivity contribution in [3.63, 3.8) is 0 Å². The van der Waals surface area contributed by atoms with Gasteiger partial charge in [0.25, 0.3) is 0 Å². The molecule has 128 valence electrons. The Morgan fingerprint density at radius 2 is 0.833 bits per heavy atom. The first kappa shape index (κ1) is 20.7. The van der Waals surface area contributed by atoms with Crippen LogP contribution in [-0.4, -0.2) is 12.0 Å². The van der Waals surface area contributed by atoms with Crippen molar-refractivity contribution in [2.24, 2.45) is 0 Å². The highest BCUT2D eigenvalue weighted by molar-refractivity contribution is 7.65. The van der Waals surface area contributed by atoms with Crippen LogP contribution in [0, 0.1) is 0 Å². The monoisotopic (exact) mass is 472 g/mol. The molecule has 24 heavy (non-hydrogen) atoms. The zero-order valence-electron chi connectivity index (χ0n) is 12.4. The minimum atomic E-state index is -3.04. The van der Waals surface area contributed by atoms with Crippen LogP contribution in [0.15, 0.2) is 72.8 Å². The SMILES string of the molecule is Cl[Si](Cl)(Cl)C(/C=C/C(c1ccccc1)[Si](Cl)(Cl)Cl)c1ccccc1. The Morgan fingerprint density at radius 1 is 0.542 bits per heavy atom. The summed E-state index contributed by atoms with van der Waals surface area (Å²) in [6.07, 6.45) is 3.75. The van der Waals surface area contributed by atoms with Gasteiger partial charge in [-0.05, 0) is 11.1 Å². The van der Waals surface area contributed by atoms with Crippen LogP contribution in [0.1, 0.15) is 22.2 Å². The molecule has 0 saturated heterocycles. The van der Waals surface area contributed by atoms with E-state index in [2.05, 4.69) is 0 Å². The van der Waals surface area contributed by atoms with Gasteiger partial charge in [-0.1, -0.05) is 72.8 Å². The molecule has 2 aromatic rings. The van der Waals surface area contributed by atoms with Crippen molar-refractivity contribution in [3.8, 4) is 0 Å². The first-order valence-electron chi connectivity index (χ1n) is 7.11. The van der Waals surface area contributed by atoms with Crippen molar-refractivity contribution in [3.05, 3.63) is 83.9 Å². The zero-order valence-corrected chi connectivity index (χ0v) is 18.9. The van der Waals surface area contributed by atoms with Gasteiger partial charge < -0.3 is 0 Å². The standard InChI is InChI=1S/C16H14Cl6Si2/c17-23(18,19)15(13-7-3-1-4-8-13)11-12-16(24(20,21)22)14-9-5-2-6-10-14/h1-12,15-16H/b12-11+. The van der Waals surface area contributed by atoms with Gasteiger partial charge >= 0.3 is 12.0 Å². The molecule has 2 aromatic carbocycles. The number of rotatable bonds is 6. The van der Waals surface area contributed by atoms with Crippen LogP contribution in [-0.2, 0) is 0 Å². The summed E-state index contributed by atoms with van der Waals surface area (Å²) in [6.45, 7) is 0. The first-order valence-corrected chi connectivity index (χ1v) is 17.3. The van der Waals surface area contributed by atoms with E-state index in [0.29, 0.717) is 0 Å². The second-order valence-electron chi connectivity index (χ2n) is 5.24. The summed E-state index contributed by atoms with van der Waals surface area (Å²) in [5.41, 5.74) is 1.27. The highest BCUT2D eigenvalue weighted by Gasteiger charge is 2.39. The van der Waals surface area contributed by atoms with E-state index < -0.39 is 12.0 Å². The number of hydrogen-bond donors (Lipinski definition) is 0. The minimum Gasteiger partial charge on any atom is -0.125 e. The fourth-order valence-electron chi connectivity index (χ4n) is 2.36. The maximum Gasteiger partial charge on any atom is 0.352 e. The molecule has 2 atom stereocenters. The smallest absolute Gasteiger partial charge is 0.125 e. The number of benzene rings is 2. The van der Waals surface area contributed by atoms with Crippen molar-refractivity contribution in [2.45, 2.75) is 11.1 Å². The number of hydrogen-bond acceptors (Lipinski definition) is 0. The molecule has 0 nitrogen and oxygen atoms in total. The van der Waals surface area contributed by atoms with Gasteiger partial charge in [-0.3, -0.25) is 0 Å². The van der Waals surface area contributed by atoms with Crippen molar-refractivity contribution in [2.75, 3.05) is 0 Å². The minimum absolute atomic E-state index is 0.309. The second kappa shape index (κ2) is 8.83. The maximum absolute atomic E-state index is 6.31. The molecule has 0 aliphatic carbocycles. The normalized spacial score (nSPS) is 15.4. The molecule has 2 rings (SSSR count). The lowest BCUT2D eigenvalue weighted by Crippen LogP contribution is -2.24. The van der Waals surface area contributed by atoms with Crippen LogP contribution in [0.2, 0.25) is 0 Å². The molecular weight excluding hydrogens is 461 g/mol. The van der Waals surface area contributed by atoms with Crippen LogP contribution in [0.4, 0.5) is 0 Å². The van der Waals surface area contributed by atoms with Crippen LogP contribution < -0.4 is 0 Å². The molecule has 0 amide bonds. The fourth-order valence-corrected chi connectivity index (χ4v) is 7.74. The molecule has 0 fully saturated rings. The third-order valence-corrected chi connectivity index (χ3v) is 10.2. The van der Waals surface area contributed by atoms with Gasteiger partial charge in [0.05, 0.1) is 0 Å². The summed E-state index contributed by atoms with van der Waals surface area (Å²) in [6, 6.07) is 13.2. The van der Waals surface area contributed by atoms with Crippen LogP contribution in [0.25, 0.3) is 0 Å². The molecule has 0 spiro atoms. The lowest BCUT2D eigenvalue weighted by molar-refractivity contribution is 1.13. The lowest BCUT2D eigenvalue weighted by atomic mass is 10.1. The Labute approximate surface area is 172 Å². The van der Waals surface area contributed by atoms with Gasteiger partial charge in [0, 0.05) is 11.1 Å². The molecule has 0 saturated carbocycles. The molecule has 0 aliphatic heterocycles. The van der Waals surface area contributed by atoms with Crippen molar-refractivity contribution >= 4 is 78.5 Å². The Morgan fingerprint density at radius 3 is 1.08 bits per heavy atom. The van der Waals surface area contributed by atoms with Gasteiger partial charge in [-0.2, -0.15) is 0 Å². The third kappa shape index (κ3) is 5.96. The highest BCUT2D eigenvalue weighted by Crippen LogP contribution is 2.41. The molecule has 8 heteroatoms. The van der Waals surface area contributed by atoms with Crippen molar-refractivity contribution < 1.29 is 0 Å². The van der Waals surface area contributed by atoms with Gasteiger partial charge in [-0.15, -0.1) is 66.5 Å². The molecule has 0 N–H and O–H groups in total. The Balaban J connectivity index is 2.38. The summed E-state index contributed by atoms with van der Waals surface area (Å²) < 4.78 is 0. The van der Waals surface area contributed by atoms with E-state index in [1.54, 1.807) is 0 Å². The highest BCUT2D eigenvalue weighted by atomic mass is 35.8. The van der Waals surface area contributed by atoms with Crippen LogP contribution in [0.5, 0.6) is 0 Å². The Hall–Kier alpha value is 0.354. The van der Waals surface area contributed by atoms with Gasteiger partial charge in [0.1, 0.15) is 0 Å². The summed E-state index contributed by atoms with van der Waals surface area (Å²) in [5.74, 6) is 0. The van der Waals surface area contributed by atoms with Gasteiger partial charge in [0.15, 0.2) is 0 Å². The fraction of sp³-hybridized carbons (Fsp3) is 0.125. The first-order chi connectivity index (χ1) is 11.2. The third-order valence-electron chi connectivity index (χ3n) is 3.52. The molecular formula is C16H14Cl6Si2. The van der Waals surface area contributed by atoms with E-state index in [1.165, 1.54) is 0 Å². The second-order valence-corrected chi connectivity index (χ2v) is 22.9. The Kier molecular flexibility index (Phi) is 7.60. The van der Waals surface area contributed by atoms with E-state index in [-0.39, 0.29) is 11.1 Å². The average molecular weight is 475 g/mol. The summed E-state index contributed by atoms with van der Waals surface area (Å²) in [7, 11) is 0. The predicted molar refractivity (Wildman–Crippen MR) is 114 cm³/mol. The average Bonchev–Trinajstić information content (AvgIpc) is 2.51. The van der Waals surface area contributed by atoms with Crippen LogP contribution in [0.3, 0.4) is 0 Å². The number of halogens is 6. The van der Waals surface area contributed by atoms with E-state index in [4.69, 9.17) is 66.5 Å². The maximum atomic E-state index is 6.31. The lowest BCUT2D eigenvalue weighted by Gasteiger charge is -2.23. The van der Waals surface area contributed by atoms with Crippen LogP contribution >= 0.6 is 66.5 Å². The summed E-state index contributed by atoms with van der Waals surface area (Å²) >= 11 is 37.8.